The lowest BCUT2D eigenvalue weighted by atomic mass is 10.0. The van der Waals surface area contributed by atoms with Gasteiger partial charge in [0, 0.05) is 6.42 Å². The molecule has 0 fully saturated rings. The van der Waals surface area contributed by atoms with Gasteiger partial charge in [0.1, 0.15) is 6.26 Å². The van der Waals surface area contributed by atoms with E-state index in [-0.39, 0.29) is 23.9 Å². The van der Waals surface area contributed by atoms with Crippen molar-refractivity contribution in [3.05, 3.63) is 53.2 Å². The highest BCUT2D eigenvalue weighted by molar-refractivity contribution is 5.34. The van der Waals surface area contributed by atoms with Gasteiger partial charge in [0.25, 0.3) is 0 Å². The minimum absolute atomic E-state index is 0.0393. The molecular weight excluding hydrogens is 288 g/mol. The number of aromatic nitrogens is 1. The Morgan fingerprint density at radius 3 is 1.85 bits per heavy atom. The van der Waals surface area contributed by atoms with E-state index in [0.29, 0.717) is 12.1 Å². The summed E-state index contributed by atoms with van der Waals surface area (Å²) in [5, 5.41) is 0. The van der Waals surface area contributed by atoms with Crippen molar-refractivity contribution in [3.63, 3.8) is 0 Å². The molecule has 1 aromatic carbocycles. The van der Waals surface area contributed by atoms with Gasteiger partial charge in [0.05, 0.1) is 17.3 Å². The maximum atomic E-state index is 12.6. The Kier molecular flexibility index (Phi) is 3.49. The smallest absolute Gasteiger partial charge is 0.416 e. The second kappa shape index (κ2) is 4.84. The first-order valence-electron chi connectivity index (χ1n) is 5.33. The van der Waals surface area contributed by atoms with Crippen LogP contribution < -0.4 is 0 Å². The number of nitrogens with zero attached hydrogens (tertiary/aromatic N) is 1. The van der Waals surface area contributed by atoms with Crippen molar-refractivity contribution < 1.29 is 30.8 Å². The molecule has 20 heavy (non-hydrogen) atoms. The second-order valence-corrected chi connectivity index (χ2v) is 4.02. The Bertz CT molecular complexity index is 553. The summed E-state index contributed by atoms with van der Waals surface area (Å²) in [6, 6.07) is 1.39. The summed E-state index contributed by atoms with van der Waals surface area (Å²) in [7, 11) is 0. The molecule has 0 spiro atoms. The van der Waals surface area contributed by atoms with Crippen molar-refractivity contribution in [1.29, 1.82) is 0 Å². The quantitative estimate of drug-likeness (QED) is 0.772. The molecule has 2 rings (SSSR count). The Morgan fingerprint density at radius 2 is 1.45 bits per heavy atom. The molecule has 0 bridgehead atoms. The largest absolute Gasteiger partial charge is 0.449 e. The Labute approximate surface area is 109 Å². The fourth-order valence-corrected chi connectivity index (χ4v) is 1.64. The van der Waals surface area contributed by atoms with Gasteiger partial charge in [-0.3, -0.25) is 0 Å². The van der Waals surface area contributed by atoms with Crippen molar-refractivity contribution in [2.75, 3.05) is 0 Å². The molecule has 0 unspecified atom stereocenters. The summed E-state index contributed by atoms with van der Waals surface area (Å²) in [5.41, 5.74) is -2.88. The molecule has 0 saturated carbocycles. The minimum Gasteiger partial charge on any atom is -0.449 e. The zero-order chi connectivity index (χ0) is 15.0. The summed E-state index contributed by atoms with van der Waals surface area (Å²) in [6.45, 7) is 0. The van der Waals surface area contributed by atoms with Gasteiger partial charge in [-0.15, -0.1) is 0 Å². The van der Waals surface area contributed by atoms with Gasteiger partial charge in [0.15, 0.2) is 5.89 Å². The molecule has 8 heteroatoms. The van der Waals surface area contributed by atoms with Crippen LogP contribution in [0.5, 0.6) is 0 Å². The number of alkyl halides is 6. The number of halogens is 6. The zero-order valence-corrected chi connectivity index (χ0v) is 9.72. The first-order valence-corrected chi connectivity index (χ1v) is 5.33. The maximum absolute atomic E-state index is 12.6. The molecule has 0 saturated heterocycles. The fourth-order valence-electron chi connectivity index (χ4n) is 1.64. The highest BCUT2D eigenvalue weighted by atomic mass is 19.4. The third kappa shape index (κ3) is 3.31. The highest BCUT2D eigenvalue weighted by Crippen LogP contribution is 2.36. The Morgan fingerprint density at radius 1 is 0.900 bits per heavy atom. The summed E-state index contributed by atoms with van der Waals surface area (Å²) < 4.78 is 80.5. The molecule has 0 atom stereocenters. The van der Waals surface area contributed by atoms with Crippen molar-refractivity contribution in [3.8, 4) is 0 Å². The Hall–Kier alpha value is -1.99. The van der Waals surface area contributed by atoms with Gasteiger partial charge in [-0.1, -0.05) is 0 Å². The van der Waals surface area contributed by atoms with E-state index in [9.17, 15) is 26.3 Å². The van der Waals surface area contributed by atoms with Crippen molar-refractivity contribution in [1.82, 2.24) is 4.98 Å². The van der Waals surface area contributed by atoms with E-state index in [2.05, 4.69) is 4.98 Å². The van der Waals surface area contributed by atoms with Crippen molar-refractivity contribution in [2.24, 2.45) is 0 Å². The van der Waals surface area contributed by atoms with Crippen LogP contribution in [0.25, 0.3) is 0 Å². The lowest BCUT2D eigenvalue weighted by Crippen LogP contribution is -2.12. The summed E-state index contributed by atoms with van der Waals surface area (Å²) >= 11 is 0. The van der Waals surface area contributed by atoms with Crippen LogP contribution in [0.3, 0.4) is 0 Å². The molecule has 0 aliphatic rings. The SMILES string of the molecule is FC(F)(F)c1cc(Cc2ncco2)cc(C(F)(F)F)c1. The van der Waals surface area contributed by atoms with Crippen LogP contribution in [0, 0.1) is 0 Å². The molecule has 1 heterocycles. The van der Waals surface area contributed by atoms with Crippen molar-refractivity contribution >= 4 is 0 Å². The predicted octanol–water partition coefficient (Wildman–Crippen LogP) is 4.30. The van der Waals surface area contributed by atoms with Gasteiger partial charge in [0.2, 0.25) is 0 Å². The van der Waals surface area contributed by atoms with Gasteiger partial charge < -0.3 is 4.42 Å². The van der Waals surface area contributed by atoms with E-state index in [0.717, 1.165) is 0 Å². The van der Waals surface area contributed by atoms with E-state index in [4.69, 9.17) is 4.42 Å². The topological polar surface area (TPSA) is 26.0 Å². The average molecular weight is 295 g/mol. The second-order valence-electron chi connectivity index (χ2n) is 4.02. The maximum Gasteiger partial charge on any atom is 0.416 e. The molecule has 1 aromatic heterocycles. The van der Waals surface area contributed by atoms with Crippen LogP contribution in [0.2, 0.25) is 0 Å². The number of hydrogen-bond acceptors (Lipinski definition) is 2. The Balaban J connectivity index is 2.46. The van der Waals surface area contributed by atoms with Gasteiger partial charge >= 0.3 is 12.4 Å². The molecule has 0 N–H and O–H groups in total. The molecule has 2 nitrogen and oxygen atoms in total. The molecule has 0 aliphatic heterocycles. The van der Waals surface area contributed by atoms with Crippen LogP contribution in [0.4, 0.5) is 26.3 Å². The third-order valence-electron chi connectivity index (χ3n) is 2.49. The highest BCUT2D eigenvalue weighted by Gasteiger charge is 2.36. The van der Waals surface area contributed by atoms with Crippen LogP contribution in [0.15, 0.2) is 35.1 Å². The summed E-state index contributed by atoms with van der Waals surface area (Å²) in [5.74, 6) is 0.0393. The van der Waals surface area contributed by atoms with E-state index in [1.807, 2.05) is 0 Å². The fraction of sp³-hybridized carbons (Fsp3) is 0.250. The molecule has 0 radical (unpaired) electrons. The number of oxazole rings is 1. The molecular formula is C12H7F6NO. The van der Waals surface area contributed by atoms with E-state index >= 15 is 0 Å². The van der Waals surface area contributed by atoms with E-state index in [1.54, 1.807) is 0 Å². The lowest BCUT2D eigenvalue weighted by molar-refractivity contribution is -0.143. The monoisotopic (exact) mass is 295 g/mol. The molecule has 2 aromatic rings. The van der Waals surface area contributed by atoms with Gasteiger partial charge in [-0.2, -0.15) is 26.3 Å². The minimum atomic E-state index is -4.85. The summed E-state index contributed by atoms with van der Waals surface area (Å²) in [4.78, 5) is 3.67. The van der Waals surface area contributed by atoms with E-state index < -0.39 is 23.5 Å². The number of rotatable bonds is 2. The van der Waals surface area contributed by atoms with Crippen LogP contribution in [-0.2, 0) is 18.8 Å². The standard InChI is InChI=1S/C12H7F6NO/c13-11(14,15)8-3-7(5-10-19-1-2-20-10)4-9(6-8)12(16,17)18/h1-4,6H,5H2. The molecule has 0 aliphatic carbocycles. The zero-order valence-electron chi connectivity index (χ0n) is 9.72. The normalized spacial score (nSPS) is 12.7. The van der Waals surface area contributed by atoms with Crippen LogP contribution in [-0.4, -0.2) is 4.98 Å². The first kappa shape index (κ1) is 14.4. The predicted molar refractivity (Wildman–Crippen MR) is 55.8 cm³/mol. The van der Waals surface area contributed by atoms with Crippen LogP contribution in [0.1, 0.15) is 22.6 Å². The van der Waals surface area contributed by atoms with Gasteiger partial charge in [-0.05, 0) is 23.8 Å². The first-order chi connectivity index (χ1) is 9.16. The van der Waals surface area contributed by atoms with E-state index in [1.165, 1.54) is 12.5 Å². The summed E-state index contributed by atoms with van der Waals surface area (Å²) in [6.07, 6.45) is -7.51. The molecule has 108 valence electrons. The van der Waals surface area contributed by atoms with Gasteiger partial charge in [-0.25, -0.2) is 4.98 Å². The molecule has 0 amide bonds. The average Bonchev–Trinajstić information content (AvgIpc) is 2.79. The van der Waals surface area contributed by atoms with Crippen LogP contribution >= 0.6 is 0 Å². The van der Waals surface area contributed by atoms with Crippen molar-refractivity contribution in [2.45, 2.75) is 18.8 Å². The number of benzene rings is 1. The third-order valence-corrected chi connectivity index (χ3v) is 2.49. The number of hydrogen-bond donors (Lipinski definition) is 0. The lowest BCUT2D eigenvalue weighted by Gasteiger charge is -2.13.